The zero-order chi connectivity index (χ0) is 23.0. The van der Waals surface area contributed by atoms with Crippen LogP contribution in [0.15, 0.2) is 30.3 Å². The fourth-order valence-electron chi connectivity index (χ4n) is 3.54. The summed E-state index contributed by atoms with van der Waals surface area (Å²) in [5, 5.41) is 2.68. The van der Waals surface area contributed by atoms with Crippen LogP contribution in [-0.2, 0) is 20.8 Å². The monoisotopic (exact) mass is 449 g/mol. The summed E-state index contributed by atoms with van der Waals surface area (Å²) in [4.78, 5) is 11.6. The molecule has 1 N–H and O–H groups in total. The van der Waals surface area contributed by atoms with Gasteiger partial charge in [0, 0.05) is 13.2 Å². The Morgan fingerprint density at radius 2 is 1.22 bits per heavy atom. The molecule has 0 unspecified atom stereocenters. The number of hydrogen-bond donors (Lipinski definition) is 1. The molecule has 0 heterocycles. The Hall–Kier alpha value is -1.59. The lowest BCUT2D eigenvalue weighted by molar-refractivity contribution is 0.0467. The van der Waals surface area contributed by atoms with Crippen molar-refractivity contribution in [3.63, 3.8) is 0 Å². The lowest BCUT2D eigenvalue weighted by atomic mass is 10.0. The van der Waals surface area contributed by atoms with E-state index in [2.05, 4.69) is 12.2 Å². The lowest BCUT2D eigenvalue weighted by Crippen LogP contribution is -2.28. The van der Waals surface area contributed by atoms with Crippen molar-refractivity contribution in [3.05, 3.63) is 35.9 Å². The maximum absolute atomic E-state index is 11.6. The molecule has 0 aliphatic heterocycles. The molecule has 0 radical (unpaired) electrons. The third-order valence-electron chi connectivity index (χ3n) is 5.49. The number of carbonyl (C=O) groups is 1. The Labute approximate surface area is 196 Å². The molecule has 5 heteroatoms. The number of alkyl carbamates (subject to hydrolysis) is 1. The lowest BCUT2D eigenvalue weighted by Gasteiger charge is -2.08. The van der Waals surface area contributed by atoms with Crippen LogP contribution in [0, 0.1) is 0 Å². The molecular weight excluding hydrogens is 402 g/mol. The predicted molar refractivity (Wildman–Crippen MR) is 132 cm³/mol. The Morgan fingerprint density at radius 3 is 1.81 bits per heavy atom. The van der Waals surface area contributed by atoms with Gasteiger partial charge in [-0.05, 0) is 12.0 Å². The average molecular weight is 450 g/mol. The number of amides is 1. The van der Waals surface area contributed by atoms with E-state index in [4.69, 9.17) is 14.2 Å². The number of benzene rings is 1. The molecule has 0 saturated carbocycles. The van der Waals surface area contributed by atoms with Gasteiger partial charge in [0.2, 0.25) is 0 Å². The Morgan fingerprint density at radius 1 is 0.688 bits per heavy atom. The van der Waals surface area contributed by atoms with Crippen LogP contribution in [0.5, 0.6) is 0 Å². The minimum Gasteiger partial charge on any atom is -0.445 e. The molecule has 0 saturated heterocycles. The molecule has 0 aromatic heterocycles. The molecule has 0 aliphatic carbocycles. The van der Waals surface area contributed by atoms with E-state index in [1.54, 1.807) is 0 Å². The summed E-state index contributed by atoms with van der Waals surface area (Å²) >= 11 is 0. The number of carbonyl (C=O) groups excluding carboxylic acids is 1. The molecule has 5 nitrogen and oxygen atoms in total. The molecule has 0 fully saturated rings. The first-order valence-corrected chi connectivity index (χ1v) is 12.9. The minimum absolute atomic E-state index is 0.278. The zero-order valence-electron chi connectivity index (χ0n) is 20.5. The smallest absolute Gasteiger partial charge is 0.407 e. The van der Waals surface area contributed by atoms with Crippen molar-refractivity contribution in [2.45, 2.75) is 97.0 Å². The van der Waals surface area contributed by atoms with Gasteiger partial charge >= 0.3 is 6.09 Å². The molecular formula is C27H47NO4. The standard InChI is InChI=1S/C27H47NO4/c1-2-3-4-5-6-7-8-9-10-11-12-13-17-21-30-23-24-31-22-20-28-27(29)32-25-26-18-15-14-16-19-26/h14-16,18-19H,2-13,17,20-25H2,1H3,(H,28,29). The third kappa shape index (κ3) is 19.1. The predicted octanol–water partition coefficient (Wildman–Crippen LogP) is 7.04. The van der Waals surface area contributed by atoms with Crippen molar-refractivity contribution in [1.82, 2.24) is 5.32 Å². The van der Waals surface area contributed by atoms with Crippen LogP contribution in [0.3, 0.4) is 0 Å². The van der Waals surface area contributed by atoms with E-state index in [0.717, 1.165) is 18.6 Å². The van der Waals surface area contributed by atoms with Gasteiger partial charge in [0.25, 0.3) is 0 Å². The number of ether oxygens (including phenoxy) is 3. The minimum atomic E-state index is -0.420. The van der Waals surface area contributed by atoms with Crippen LogP contribution in [0.25, 0.3) is 0 Å². The number of nitrogens with one attached hydrogen (secondary N) is 1. The Bertz CT molecular complexity index is 524. The topological polar surface area (TPSA) is 56.8 Å². The maximum atomic E-state index is 11.6. The van der Waals surface area contributed by atoms with E-state index in [0.29, 0.717) is 26.4 Å². The van der Waals surface area contributed by atoms with Crippen molar-refractivity contribution in [1.29, 1.82) is 0 Å². The van der Waals surface area contributed by atoms with E-state index in [-0.39, 0.29) is 6.61 Å². The second-order valence-corrected chi connectivity index (χ2v) is 8.46. The van der Waals surface area contributed by atoms with Crippen LogP contribution >= 0.6 is 0 Å². The van der Waals surface area contributed by atoms with Gasteiger partial charge in [0.1, 0.15) is 6.61 Å². The van der Waals surface area contributed by atoms with E-state index >= 15 is 0 Å². The first-order chi connectivity index (χ1) is 15.8. The molecule has 0 aliphatic rings. The van der Waals surface area contributed by atoms with E-state index in [9.17, 15) is 4.79 Å². The van der Waals surface area contributed by atoms with Crippen LogP contribution in [0.1, 0.15) is 96.0 Å². The van der Waals surface area contributed by atoms with Crippen molar-refractivity contribution in [2.24, 2.45) is 0 Å². The summed E-state index contributed by atoms with van der Waals surface area (Å²) in [5.41, 5.74) is 0.972. The van der Waals surface area contributed by atoms with Gasteiger partial charge < -0.3 is 19.5 Å². The largest absolute Gasteiger partial charge is 0.445 e. The van der Waals surface area contributed by atoms with Crippen LogP contribution in [0.4, 0.5) is 4.79 Å². The van der Waals surface area contributed by atoms with Crippen LogP contribution in [0.2, 0.25) is 0 Å². The van der Waals surface area contributed by atoms with Crippen molar-refractivity contribution in [3.8, 4) is 0 Å². The summed E-state index contributed by atoms with van der Waals surface area (Å²) in [7, 11) is 0. The average Bonchev–Trinajstić information content (AvgIpc) is 2.82. The molecule has 0 bridgehead atoms. The summed E-state index contributed by atoms with van der Waals surface area (Å²) < 4.78 is 16.2. The first kappa shape index (κ1) is 28.4. The van der Waals surface area contributed by atoms with Gasteiger partial charge in [0.05, 0.1) is 19.8 Å². The zero-order valence-corrected chi connectivity index (χ0v) is 20.5. The van der Waals surface area contributed by atoms with Gasteiger partial charge in [-0.1, -0.05) is 114 Å². The van der Waals surface area contributed by atoms with E-state index in [1.165, 1.54) is 77.0 Å². The molecule has 0 spiro atoms. The van der Waals surface area contributed by atoms with Gasteiger partial charge in [-0.25, -0.2) is 4.79 Å². The summed E-state index contributed by atoms with van der Waals surface area (Å²) in [5.74, 6) is 0. The molecule has 1 aromatic carbocycles. The molecule has 32 heavy (non-hydrogen) atoms. The highest BCUT2D eigenvalue weighted by molar-refractivity contribution is 5.67. The van der Waals surface area contributed by atoms with Gasteiger partial charge in [0.15, 0.2) is 0 Å². The Balaban J connectivity index is 1.71. The summed E-state index contributed by atoms with van der Waals surface area (Å²) in [6, 6.07) is 9.63. The number of rotatable bonds is 22. The highest BCUT2D eigenvalue weighted by Crippen LogP contribution is 2.12. The van der Waals surface area contributed by atoms with Crippen molar-refractivity contribution in [2.75, 3.05) is 33.0 Å². The van der Waals surface area contributed by atoms with E-state index in [1.807, 2.05) is 30.3 Å². The molecule has 184 valence electrons. The fourth-order valence-corrected chi connectivity index (χ4v) is 3.54. The second-order valence-electron chi connectivity index (χ2n) is 8.46. The van der Waals surface area contributed by atoms with Gasteiger partial charge in [-0.2, -0.15) is 0 Å². The fraction of sp³-hybridized carbons (Fsp3) is 0.741. The van der Waals surface area contributed by atoms with Crippen molar-refractivity contribution < 1.29 is 19.0 Å². The van der Waals surface area contributed by atoms with Crippen LogP contribution < -0.4 is 5.32 Å². The molecule has 1 aromatic rings. The second kappa shape index (κ2) is 22.6. The quantitative estimate of drug-likeness (QED) is 0.193. The third-order valence-corrected chi connectivity index (χ3v) is 5.49. The number of hydrogen-bond acceptors (Lipinski definition) is 4. The summed E-state index contributed by atoms with van der Waals surface area (Å²) in [6.45, 7) is 5.42. The normalized spacial score (nSPS) is 10.9. The highest BCUT2D eigenvalue weighted by atomic mass is 16.5. The maximum Gasteiger partial charge on any atom is 0.407 e. The molecule has 0 atom stereocenters. The van der Waals surface area contributed by atoms with Gasteiger partial charge in [-0.15, -0.1) is 0 Å². The SMILES string of the molecule is CCCCCCCCCCCCCCCOCCOCCNC(=O)OCc1ccccc1. The Kier molecular flexibility index (Phi) is 20.1. The summed E-state index contributed by atoms with van der Waals surface area (Å²) in [6.07, 6.45) is 17.3. The highest BCUT2D eigenvalue weighted by Gasteiger charge is 2.01. The van der Waals surface area contributed by atoms with Crippen molar-refractivity contribution >= 4 is 6.09 Å². The van der Waals surface area contributed by atoms with E-state index < -0.39 is 6.09 Å². The molecule has 1 rings (SSSR count). The first-order valence-electron chi connectivity index (χ1n) is 12.9. The number of unbranched alkanes of at least 4 members (excludes halogenated alkanes) is 12. The van der Waals surface area contributed by atoms with Crippen LogP contribution in [-0.4, -0.2) is 39.1 Å². The van der Waals surface area contributed by atoms with Gasteiger partial charge in [-0.3, -0.25) is 0 Å². The molecule has 1 amide bonds.